The van der Waals surface area contributed by atoms with Crippen molar-refractivity contribution in [1.82, 2.24) is 9.78 Å². The highest BCUT2D eigenvalue weighted by molar-refractivity contribution is 5.66. The van der Waals surface area contributed by atoms with E-state index in [9.17, 15) is 0 Å². The fourth-order valence-corrected chi connectivity index (χ4v) is 4.61. The van der Waals surface area contributed by atoms with E-state index in [1.54, 1.807) is 14.2 Å². The van der Waals surface area contributed by atoms with Crippen LogP contribution in [0.4, 0.5) is 0 Å². The van der Waals surface area contributed by atoms with E-state index in [1.165, 1.54) is 0 Å². The molecule has 0 bridgehead atoms. The number of methoxy groups -OCH3 is 2. The normalized spacial score (nSPS) is 11.2. The van der Waals surface area contributed by atoms with E-state index in [1.807, 2.05) is 42.6 Å². The second-order valence-electron chi connectivity index (χ2n) is 8.05. The molecule has 0 fully saturated rings. The summed E-state index contributed by atoms with van der Waals surface area (Å²) in [6.07, 6.45) is 4.01. The van der Waals surface area contributed by atoms with E-state index in [0.29, 0.717) is 11.5 Å². The zero-order valence-electron chi connectivity index (χ0n) is 19.3. The number of rotatable bonds is 7. The Morgan fingerprint density at radius 1 is 0.588 bits per heavy atom. The van der Waals surface area contributed by atoms with Crippen molar-refractivity contribution in [3.8, 4) is 22.6 Å². The molecule has 0 N–H and O–H groups in total. The maximum atomic E-state index is 5.53. The molecule has 0 aliphatic heterocycles. The van der Waals surface area contributed by atoms with Crippen LogP contribution in [0.2, 0.25) is 0 Å². The molecule has 4 heteroatoms. The van der Waals surface area contributed by atoms with Crippen LogP contribution >= 0.6 is 0 Å². The molecule has 0 aliphatic carbocycles. The Morgan fingerprint density at radius 3 is 1.56 bits per heavy atom. The van der Waals surface area contributed by atoms with Crippen molar-refractivity contribution in [2.24, 2.45) is 0 Å². The van der Waals surface area contributed by atoms with Crippen LogP contribution in [0.5, 0.6) is 11.5 Å². The summed E-state index contributed by atoms with van der Waals surface area (Å²) in [6, 6.07) is 37.5. The molecule has 34 heavy (non-hydrogen) atoms. The van der Waals surface area contributed by atoms with Gasteiger partial charge in [-0.25, -0.2) is 0 Å². The first kappa shape index (κ1) is 21.5. The third-order valence-electron chi connectivity index (χ3n) is 6.22. The lowest BCUT2D eigenvalue weighted by molar-refractivity contribution is 0.355. The first-order valence-corrected chi connectivity index (χ1v) is 11.2. The number of nitrogens with zero attached hydrogens (tertiary/aromatic N) is 2. The highest BCUT2D eigenvalue weighted by Crippen LogP contribution is 2.41. The van der Waals surface area contributed by atoms with Gasteiger partial charge in [0.15, 0.2) is 11.5 Å². The minimum absolute atomic E-state index is 0.640. The first-order valence-electron chi connectivity index (χ1n) is 11.2. The molecular weight excluding hydrogens is 420 g/mol. The number of hydrogen-bond donors (Lipinski definition) is 0. The van der Waals surface area contributed by atoms with Gasteiger partial charge in [-0.1, -0.05) is 97.1 Å². The zero-order valence-corrected chi connectivity index (χ0v) is 19.3. The zero-order chi connectivity index (χ0) is 23.4. The van der Waals surface area contributed by atoms with Gasteiger partial charge in [0.05, 0.1) is 20.4 Å². The van der Waals surface area contributed by atoms with E-state index in [4.69, 9.17) is 14.6 Å². The van der Waals surface area contributed by atoms with Crippen LogP contribution in [-0.2, 0) is 5.54 Å². The summed E-state index contributed by atoms with van der Waals surface area (Å²) in [4.78, 5) is 0. The van der Waals surface area contributed by atoms with Crippen LogP contribution in [0, 0.1) is 0 Å². The van der Waals surface area contributed by atoms with Gasteiger partial charge in [-0.15, -0.1) is 0 Å². The number of ether oxygens (including phenoxy) is 2. The van der Waals surface area contributed by atoms with Crippen LogP contribution < -0.4 is 9.47 Å². The fourth-order valence-electron chi connectivity index (χ4n) is 4.61. The van der Waals surface area contributed by atoms with Crippen LogP contribution in [0.3, 0.4) is 0 Å². The second-order valence-corrected chi connectivity index (χ2v) is 8.05. The summed E-state index contributed by atoms with van der Waals surface area (Å²) in [5.74, 6) is 1.39. The van der Waals surface area contributed by atoms with Gasteiger partial charge in [0, 0.05) is 11.8 Å². The summed E-state index contributed by atoms with van der Waals surface area (Å²) in [7, 11) is 3.29. The molecule has 0 unspecified atom stereocenters. The second kappa shape index (κ2) is 9.28. The van der Waals surface area contributed by atoms with Gasteiger partial charge in [-0.3, -0.25) is 4.68 Å². The Kier molecular flexibility index (Phi) is 5.88. The van der Waals surface area contributed by atoms with Gasteiger partial charge in [-0.05, 0) is 34.4 Å². The lowest BCUT2D eigenvalue weighted by Crippen LogP contribution is -2.38. The predicted molar refractivity (Wildman–Crippen MR) is 135 cm³/mol. The highest BCUT2D eigenvalue weighted by Gasteiger charge is 2.39. The minimum Gasteiger partial charge on any atom is -0.493 e. The molecule has 0 aliphatic rings. The summed E-state index contributed by atoms with van der Waals surface area (Å²) >= 11 is 0. The van der Waals surface area contributed by atoms with Crippen molar-refractivity contribution in [2.45, 2.75) is 5.54 Å². The van der Waals surface area contributed by atoms with Crippen molar-refractivity contribution >= 4 is 0 Å². The molecule has 0 atom stereocenters. The largest absolute Gasteiger partial charge is 0.493 e. The molecule has 0 amide bonds. The molecule has 4 nitrogen and oxygen atoms in total. The Bertz CT molecular complexity index is 1270. The van der Waals surface area contributed by atoms with Crippen LogP contribution in [0.1, 0.15) is 16.7 Å². The molecule has 0 spiro atoms. The average Bonchev–Trinajstić information content (AvgIpc) is 3.41. The summed E-state index contributed by atoms with van der Waals surface area (Å²) < 4.78 is 13.0. The van der Waals surface area contributed by atoms with Crippen LogP contribution in [-0.4, -0.2) is 24.0 Å². The van der Waals surface area contributed by atoms with E-state index >= 15 is 0 Å². The number of hydrogen-bond acceptors (Lipinski definition) is 3. The maximum absolute atomic E-state index is 5.53. The first-order chi connectivity index (χ1) is 16.8. The molecular formula is C30H26N2O2. The van der Waals surface area contributed by atoms with Crippen molar-refractivity contribution in [3.63, 3.8) is 0 Å². The minimum atomic E-state index is -0.640. The standard InChI is InChI=1S/C30H26N2O2/c1-33-28-19-18-23(20-29(28)34-2)24-21-31-32(22-24)30(25-12-6-3-7-13-25,26-14-8-4-9-15-26)27-16-10-5-11-17-27/h3-22H,1-2H3. The lowest BCUT2D eigenvalue weighted by atomic mass is 9.77. The van der Waals surface area contributed by atoms with E-state index in [0.717, 1.165) is 27.8 Å². The summed E-state index contributed by atoms with van der Waals surface area (Å²) in [5.41, 5.74) is 4.76. The fraction of sp³-hybridized carbons (Fsp3) is 0.100. The van der Waals surface area contributed by atoms with Gasteiger partial charge in [0.1, 0.15) is 5.54 Å². The van der Waals surface area contributed by atoms with Gasteiger partial charge >= 0.3 is 0 Å². The number of aromatic nitrogens is 2. The van der Waals surface area contributed by atoms with E-state index < -0.39 is 5.54 Å². The number of benzene rings is 4. The molecule has 0 radical (unpaired) electrons. The Balaban J connectivity index is 1.76. The van der Waals surface area contributed by atoms with Crippen molar-refractivity contribution in [2.75, 3.05) is 14.2 Å². The monoisotopic (exact) mass is 446 g/mol. The molecule has 1 heterocycles. The van der Waals surface area contributed by atoms with Crippen molar-refractivity contribution in [1.29, 1.82) is 0 Å². The lowest BCUT2D eigenvalue weighted by Gasteiger charge is -2.36. The SMILES string of the molecule is COc1ccc(-c2cnn(C(c3ccccc3)(c3ccccc3)c3ccccc3)c2)cc1OC. The molecule has 168 valence electrons. The van der Waals surface area contributed by atoms with Crippen molar-refractivity contribution < 1.29 is 9.47 Å². The third-order valence-corrected chi connectivity index (χ3v) is 6.22. The topological polar surface area (TPSA) is 36.3 Å². The van der Waals surface area contributed by atoms with Crippen molar-refractivity contribution in [3.05, 3.63) is 138 Å². The molecule has 4 aromatic carbocycles. The highest BCUT2D eigenvalue weighted by atomic mass is 16.5. The van der Waals surface area contributed by atoms with E-state index in [2.05, 4.69) is 83.7 Å². The van der Waals surface area contributed by atoms with Gasteiger partial charge < -0.3 is 9.47 Å². The Hall–Kier alpha value is -4.31. The quantitative estimate of drug-likeness (QED) is 0.271. The van der Waals surface area contributed by atoms with Crippen LogP contribution in [0.15, 0.2) is 122 Å². The summed E-state index contributed by atoms with van der Waals surface area (Å²) in [6.45, 7) is 0. The maximum Gasteiger partial charge on any atom is 0.161 e. The smallest absolute Gasteiger partial charge is 0.161 e. The molecule has 5 aromatic rings. The third kappa shape index (κ3) is 3.63. The molecule has 5 rings (SSSR count). The van der Waals surface area contributed by atoms with E-state index in [-0.39, 0.29) is 0 Å². The average molecular weight is 447 g/mol. The van der Waals surface area contributed by atoms with Gasteiger partial charge in [0.25, 0.3) is 0 Å². The Labute approximate surface area is 200 Å². The van der Waals surface area contributed by atoms with Gasteiger partial charge in [0.2, 0.25) is 0 Å². The Morgan fingerprint density at radius 2 is 1.09 bits per heavy atom. The van der Waals surface area contributed by atoms with Crippen LogP contribution in [0.25, 0.3) is 11.1 Å². The molecule has 0 saturated carbocycles. The molecule has 0 saturated heterocycles. The van der Waals surface area contributed by atoms with Gasteiger partial charge in [-0.2, -0.15) is 5.10 Å². The predicted octanol–water partition coefficient (Wildman–Crippen LogP) is 6.41. The molecule has 1 aromatic heterocycles. The summed E-state index contributed by atoms with van der Waals surface area (Å²) in [5, 5.41) is 4.94.